The second-order valence-corrected chi connectivity index (χ2v) is 5.05. The Labute approximate surface area is 89.9 Å². The Morgan fingerprint density at radius 1 is 1.60 bits per heavy atom. The molecule has 0 bridgehead atoms. The molecule has 4 nitrogen and oxygen atoms in total. The molecule has 82 valence electrons. The highest BCUT2D eigenvalue weighted by atomic mass is 15.1. The molecular formula is C11H18N4. The van der Waals surface area contributed by atoms with Gasteiger partial charge in [-0.05, 0) is 19.8 Å². The molecule has 0 saturated heterocycles. The normalized spacial score (nSPS) is 27.4. The molecule has 0 spiro atoms. The van der Waals surface area contributed by atoms with Crippen LogP contribution in [-0.2, 0) is 13.0 Å². The Balaban J connectivity index is 1.57. The van der Waals surface area contributed by atoms with Crippen LogP contribution in [0.2, 0.25) is 0 Å². The molecule has 1 atom stereocenters. The molecule has 1 aliphatic heterocycles. The number of H-pyrrole nitrogens is 1. The van der Waals surface area contributed by atoms with Gasteiger partial charge in [-0.2, -0.15) is 0 Å². The first-order chi connectivity index (χ1) is 7.25. The SMILES string of the molecule is CC1(NCC2Cc3nc[nH]c3CN2)CC1. The van der Waals surface area contributed by atoms with Crippen LogP contribution in [0.25, 0.3) is 0 Å². The van der Waals surface area contributed by atoms with Gasteiger partial charge in [0.25, 0.3) is 0 Å². The molecule has 1 fully saturated rings. The van der Waals surface area contributed by atoms with Gasteiger partial charge in [0, 0.05) is 31.1 Å². The lowest BCUT2D eigenvalue weighted by Crippen LogP contribution is -2.45. The fraction of sp³-hybridized carbons (Fsp3) is 0.727. The van der Waals surface area contributed by atoms with Crippen molar-refractivity contribution in [3.05, 3.63) is 17.7 Å². The van der Waals surface area contributed by atoms with E-state index in [9.17, 15) is 0 Å². The zero-order valence-electron chi connectivity index (χ0n) is 9.14. The number of rotatable bonds is 3. The first-order valence-electron chi connectivity index (χ1n) is 5.75. The zero-order chi connectivity index (χ0) is 10.3. The molecular weight excluding hydrogens is 188 g/mol. The summed E-state index contributed by atoms with van der Waals surface area (Å²) in [5.41, 5.74) is 2.93. The Kier molecular flexibility index (Phi) is 2.07. The Morgan fingerprint density at radius 2 is 2.47 bits per heavy atom. The van der Waals surface area contributed by atoms with E-state index in [-0.39, 0.29) is 0 Å². The molecule has 15 heavy (non-hydrogen) atoms. The monoisotopic (exact) mass is 206 g/mol. The maximum atomic E-state index is 4.34. The maximum absolute atomic E-state index is 4.34. The number of nitrogens with one attached hydrogen (secondary N) is 3. The molecule has 3 rings (SSSR count). The first kappa shape index (κ1) is 9.36. The van der Waals surface area contributed by atoms with Gasteiger partial charge in [-0.15, -0.1) is 0 Å². The summed E-state index contributed by atoms with van der Waals surface area (Å²) in [5.74, 6) is 0. The average molecular weight is 206 g/mol. The molecule has 2 heterocycles. The van der Waals surface area contributed by atoms with Crippen LogP contribution in [0.15, 0.2) is 6.33 Å². The van der Waals surface area contributed by atoms with Gasteiger partial charge in [0.1, 0.15) is 0 Å². The number of hydrogen-bond donors (Lipinski definition) is 3. The van der Waals surface area contributed by atoms with Gasteiger partial charge in [-0.25, -0.2) is 4.98 Å². The molecule has 0 aromatic carbocycles. The van der Waals surface area contributed by atoms with Crippen molar-refractivity contribution in [2.75, 3.05) is 6.54 Å². The highest BCUT2D eigenvalue weighted by Gasteiger charge is 2.37. The van der Waals surface area contributed by atoms with E-state index in [0.717, 1.165) is 19.5 Å². The van der Waals surface area contributed by atoms with Crippen LogP contribution < -0.4 is 10.6 Å². The van der Waals surface area contributed by atoms with Crippen LogP contribution in [0, 0.1) is 0 Å². The van der Waals surface area contributed by atoms with Gasteiger partial charge in [-0.1, -0.05) is 0 Å². The highest BCUT2D eigenvalue weighted by molar-refractivity contribution is 5.16. The van der Waals surface area contributed by atoms with Crippen molar-refractivity contribution in [2.24, 2.45) is 0 Å². The Bertz CT molecular complexity index is 353. The van der Waals surface area contributed by atoms with Crippen LogP contribution in [0.5, 0.6) is 0 Å². The highest BCUT2D eigenvalue weighted by Crippen LogP contribution is 2.34. The number of imidazole rings is 1. The summed E-state index contributed by atoms with van der Waals surface area (Å²) in [6.45, 7) is 4.29. The maximum Gasteiger partial charge on any atom is 0.0925 e. The van der Waals surface area contributed by atoms with Crippen molar-refractivity contribution in [3.8, 4) is 0 Å². The number of hydrogen-bond acceptors (Lipinski definition) is 3. The number of aromatic nitrogens is 2. The molecule has 1 aliphatic carbocycles. The summed E-state index contributed by atoms with van der Waals surface area (Å²) in [4.78, 5) is 7.51. The summed E-state index contributed by atoms with van der Waals surface area (Å²) in [5, 5.41) is 7.15. The van der Waals surface area contributed by atoms with Crippen molar-refractivity contribution < 1.29 is 0 Å². The van der Waals surface area contributed by atoms with Crippen LogP contribution in [0.4, 0.5) is 0 Å². The minimum atomic E-state index is 0.438. The standard InChI is InChI=1S/C11H18N4/c1-11(2-3-11)15-5-8-4-9-10(6-12-8)14-7-13-9/h7-8,12,15H,2-6H2,1H3,(H,13,14). The third kappa shape index (κ3) is 1.92. The quantitative estimate of drug-likeness (QED) is 0.677. The lowest BCUT2D eigenvalue weighted by Gasteiger charge is -2.25. The van der Waals surface area contributed by atoms with Crippen molar-refractivity contribution in [1.29, 1.82) is 0 Å². The molecule has 1 aromatic heterocycles. The van der Waals surface area contributed by atoms with Crippen molar-refractivity contribution in [3.63, 3.8) is 0 Å². The van der Waals surface area contributed by atoms with E-state index in [1.807, 2.05) is 0 Å². The van der Waals surface area contributed by atoms with Gasteiger partial charge in [0.05, 0.1) is 17.7 Å². The van der Waals surface area contributed by atoms with E-state index < -0.39 is 0 Å². The topological polar surface area (TPSA) is 52.7 Å². The summed E-state index contributed by atoms with van der Waals surface area (Å²) in [7, 11) is 0. The van der Waals surface area contributed by atoms with E-state index in [2.05, 4.69) is 27.5 Å². The predicted octanol–water partition coefficient (Wildman–Crippen LogP) is 0.566. The third-order valence-corrected chi connectivity index (χ3v) is 3.59. The fourth-order valence-corrected chi connectivity index (χ4v) is 2.11. The average Bonchev–Trinajstić information content (AvgIpc) is 2.80. The van der Waals surface area contributed by atoms with Gasteiger partial charge in [0.15, 0.2) is 0 Å². The Hall–Kier alpha value is -0.870. The molecule has 0 amide bonds. The van der Waals surface area contributed by atoms with Gasteiger partial charge < -0.3 is 15.6 Å². The summed E-state index contributed by atoms with van der Waals surface area (Å²) >= 11 is 0. The van der Waals surface area contributed by atoms with Crippen LogP contribution in [0.3, 0.4) is 0 Å². The molecule has 1 saturated carbocycles. The van der Waals surface area contributed by atoms with Crippen LogP contribution >= 0.6 is 0 Å². The minimum absolute atomic E-state index is 0.438. The van der Waals surface area contributed by atoms with Crippen molar-refractivity contribution in [1.82, 2.24) is 20.6 Å². The van der Waals surface area contributed by atoms with Crippen LogP contribution in [-0.4, -0.2) is 28.1 Å². The zero-order valence-corrected chi connectivity index (χ0v) is 9.14. The second-order valence-electron chi connectivity index (χ2n) is 5.05. The number of aromatic amines is 1. The molecule has 3 N–H and O–H groups in total. The molecule has 4 heteroatoms. The lowest BCUT2D eigenvalue weighted by molar-refractivity contribution is 0.410. The first-order valence-corrected chi connectivity index (χ1v) is 5.75. The largest absolute Gasteiger partial charge is 0.347 e. The van der Waals surface area contributed by atoms with E-state index in [1.54, 1.807) is 6.33 Å². The van der Waals surface area contributed by atoms with E-state index in [0.29, 0.717) is 11.6 Å². The van der Waals surface area contributed by atoms with E-state index in [4.69, 9.17) is 0 Å². The van der Waals surface area contributed by atoms with E-state index in [1.165, 1.54) is 24.2 Å². The molecule has 1 unspecified atom stereocenters. The van der Waals surface area contributed by atoms with Gasteiger partial charge >= 0.3 is 0 Å². The molecule has 1 aromatic rings. The fourth-order valence-electron chi connectivity index (χ4n) is 2.11. The summed E-state index contributed by atoms with van der Waals surface area (Å²) in [6.07, 6.45) is 5.49. The van der Waals surface area contributed by atoms with Gasteiger partial charge in [-0.3, -0.25) is 0 Å². The third-order valence-electron chi connectivity index (χ3n) is 3.59. The number of nitrogens with zero attached hydrogens (tertiary/aromatic N) is 1. The molecule has 2 aliphatic rings. The Morgan fingerprint density at radius 3 is 3.27 bits per heavy atom. The summed E-state index contributed by atoms with van der Waals surface area (Å²) < 4.78 is 0. The van der Waals surface area contributed by atoms with Crippen molar-refractivity contribution in [2.45, 2.75) is 44.3 Å². The van der Waals surface area contributed by atoms with Crippen LogP contribution in [0.1, 0.15) is 31.2 Å². The second kappa shape index (κ2) is 3.32. The molecule has 0 radical (unpaired) electrons. The summed E-state index contributed by atoms with van der Waals surface area (Å²) in [6, 6.07) is 0.540. The smallest absolute Gasteiger partial charge is 0.0925 e. The number of fused-ring (bicyclic) bond motifs is 1. The van der Waals surface area contributed by atoms with Crippen molar-refractivity contribution >= 4 is 0 Å². The van der Waals surface area contributed by atoms with Gasteiger partial charge in [0.2, 0.25) is 0 Å². The minimum Gasteiger partial charge on any atom is -0.347 e. The lowest BCUT2D eigenvalue weighted by atomic mass is 10.1. The van der Waals surface area contributed by atoms with E-state index >= 15 is 0 Å². The predicted molar refractivity (Wildman–Crippen MR) is 58.6 cm³/mol.